The molecule has 0 aliphatic rings. The topological polar surface area (TPSA) is 68.3 Å². The van der Waals surface area contributed by atoms with Gasteiger partial charge in [0.15, 0.2) is 0 Å². The quantitative estimate of drug-likeness (QED) is 0.604. The summed E-state index contributed by atoms with van der Waals surface area (Å²) in [6.07, 6.45) is 0. The van der Waals surface area contributed by atoms with Crippen LogP contribution in [0.1, 0.15) is 23.6 Å². The van der Waals surface area contributed by atoms with Crippen molar-refractivity contribution >= 4 is 5.69 Å². The molecule has 0 aromatic heterocycles. The highest BCUT2D eigenvalue weighted by atomic mass is 16.5. The van der Waals surface area contributed by atoms with Crippen LogP contribution in [-0.4, -0.2) is 19.8 Å². The van der Waals surface area contributed by atoms with Crippen molar-refractivity contribution in [3.05, 3.63) is 28.8 Å². The summed E-state index contributed by atoms with van der Waals surface area (Å²) in [7, 11) is 0. The smallest absolute Gasteiger partial charge is 0.101 e. The lowest BCUT2D eigenvalue weighted by molar-refractivity contribution is 0.0451. The molecule has 4 heteroatoms. The zero-order valence-electron chi connectivity index (χ0n) is 10.3. The minimum absolute atomic E-state index is 0.495. The van der Waals surface area contributed by atoms with E-state index in [0.717, 1.165) is 11.1 Å². The standard InChI is InChI=1S/C13H18N2O2/c1-3-16-6-7-17-9-12-5-4-11(8-14)13(15)10(12)2/h4-5H,3,6-7,9,15H2,1-2H3. The molecule has 0 radical (unpaired) electrons. The minimum atomic E-state index is 0.495. The van der Waals surface area contributed by atoms with Crippen LogP contribution in [-0.2, 0) is 16.1 Å². The van der Waals surface area contributed by atoms with Crippen LogP contribution in [0.2, 0.25) is 0 Å². The zero-order chi connectivity index (χ0) is 12.7. The number of rotatable bonds is 6. The van der Waals surface area contributed by atoms with Crippen LogP contribution in [0.25, 0.3) is 0 Å². The van der Waals surface area contributed by atoms with Crippen LogP contribution in [0, 0.1) is 18.3 Å². The Balaban J connectivity index is 2.55. The molecule has 0 unspecified atom stereocenters. The van der Waals surface area contributed by atoms with E-state index in [1.165, 1.54) is 0 Å². The van der Waals surface area contributed by atoms with Crippen LogP contribution in [0.15, 0.2) is 12.1 Å². The molecule has 0 heterocycles. The molecule has 0 saturated carbocycles. The van der Waals surface area contributed by atoms with Crippen LogP contribution in [0.5, 0.6) is 0 Å². The fourth-order valence-corrected chi connectivity index (χ4v) is 1.47. The lowest BCUT2D eigenvalue weighted by Gasteiger charge is -2.10. The molecule has 1 aromatic rings. The molecule has 0 amide bonds. The first-order chi connectivity index (χ1) is 8.20. The lowest BCUT2D eigenvalue weighted by Crippen LogP contribution is -2.06. The number of benzene rings is 1. The summed E-state index contributed by atoms with van der Waals surface area (Å²) in [6, 6.07) is 5.67. The van der Waals surface area contributed by atoms with Gasteiger partial charge in [-0.3, -0.25) is 0 Å². The predicted octanol–water partition coefficient (Wildman–Crippen LogP) is 2.00. The number of nitrogens with two attached hydrogens (primary N) is 1. The molecule has 0 aliphatic heterocycles. The van der Waals surface area contributed by atoms with E-state index in [9.17, 15) is 0 Å². The summed E-state index contributed by atoms with van der Waals surface area (Å²) in [5.41, 5.74) is 8.83. The van der Waals surface area contributed by atoms with Crippen molar-refractivity contribution in [3.63, 3.8) is 0 Å². The van der Waals surface area contributed by atoms with Crippen molar-refractivity contribution in [2.45, 2.75) is 20.5 Å². The molecule has 0 saturated heterocycles. The van der Waals surface area contributed by atoms with E-state index < -0.39 is 0 Å². The van der Waals surface area contributed by atoms with Gasteiger partial charge in [0.25, 0.3) is 0 Å². The van der Waals surface area contributed by atoms with E-state index >= 15 is 0 Å². The van der Waals surface area contributed by atoms with Crippen molar-refractivity contribution < 1.29 is 9.47 Å². The second-order valence-electron chi connectivity index (χ2n) is 3.67. The van der Waals surface area contributed by atoms with Gasteiger partial charge in [0.2, 0.25) is 0 Å². The Morgan fingerprint density at radius 1 is 1.29 bits per heavy atom. The predicted molar refractivity (Wildman–Crippen MR) is 66.5 cm³/mol. The Kier molecular flexibility index (Phi) is 5.47. The Hall–Kier alpha value is -1.57. The van der Waals surface area contributed by atoms with Gasteiger partial charge in [-0.25, -0.2) is 0 Å². The van der Waals surface area contributed by atoms with E-state index in [2.05, 4.69) is 6.07 Å². The van der Waals surface area contributed by atoms with Crippen molar-refractivity contribution in [1.82, 2.24) is 0 Å². The average molecular weight is 234 g/mol. The third kappa shape index (κ3) is 3.74. The highest BCUT2D eigenvalue weighted by Crippen LogP contribution is 2.20. The van der Waals surface area contributed by atoms with E-state index in [1.807, 2.05) is 19.9 Å². The van der Waals surface area contributed by atoms with Gasteiger partial charge in [-0.15, -0.1) is 0 Å². The van der Waals surface area contributed by atoms with E-state index in [-0.39, 0.29) is 0 Å². The molecule has 0 fully saturated rings. The number of nitriles is 1. The maximum Gasteiger partial charge on any atom is 0.101 e. The largest absolute Gasteiger partial charge is 0.397 e. The second kappa shape index (κ2) is 6.89. The molecule has 4 nitrogen and oxygen atoms in total. The summed E-state index contributed by atoms with van der Waals surface area (Å²) in [4.78, 5) is 0. The van der Waals surface area contributed by atoms with Gasteiger partial charge in [-0.05, 0) is 31.0 Å². The van der Waals surface area contributed by atoms with Crippen molar-refractivity contribution in [2.75, 3.05) is 25.6 Å². The van der Waals surface area contributed by atoms with Crippen molar-refractivity contribution in [1.29, 1.82) is 5.26 Å². The molecule has 0 aliphatic carbocycles. The molecular weight excluding hydrogens is 216 g/mol. The number of hydrogen-bond donors (Lipinski definition) is 1. The van der Waals surface area contributed by atoms with Crippen molar-refractivity contribution in [2.24, 2.45) is 0 Å². The number of nitrogen functional groups attached to an aromatic ring is 1. The number of ether oxygens (including phenoxy) is 2. The molecule has 0 bridgehead atoms. The number of nitrogens with zero attached hydrogens (tertiary/aromatic N) is 1. The molecule has 1 rings (SSSR count). The lowest BCUT2D eigenvalue weighted by atomic mass is 10.0. The van der Waals surface area contributed by atoms with Gasteiger partial charge in [0.1, 0.15) is 6.07 Å². The summed E-state index contributed by atoms with van der Waals surface area (Å²) in [5, 5.41) is 8.83. The molecule has 0 atom stereocenters. The van der Waals surface area contributed by atoms with Gasteiger partial charge in [0, 0.05) is 6.61 Å². The Morgan fingerprint density at radius 2 is 2.00 bits per heavy atom. The van der Waals surface area contributed by atoms with E-state index in [4.69, 9.17) is 20.5 Å². The maximum atomic E-state index is 8.83. The van der Waals surface area contributed by atoms with Crippen LogP contribution < -0.4 is 5.73 Å². The Bertz CT molecular complexity index is 411. The fraction of sp³-hybridized carbons (Fsp3) is 0.462. The number of hydrogen-bond acceptors (Lipinski definition) is 4. The van der Waals surface area contributed by atoms with Crippen LogP contribution >= 0.6 is 0 Å². The van der Waals surface area contributed by atoms with E-state index in [1.54, 1.807) is 6.07 Å². The molecule has 1 aromatic carbocycles. The first-order valence-electron chi connectivity index (χ1n) is 5.64. The first-order valence-corrected chi connectivity index (χ1v) is 5.64. The van der Waals surface area contributed by atoms with Crippen molar-refractivity contribution in [3.8, 4) is 6.07 Å². The van der Waals surface area contributed by atoms with E-state index in [0.29, 0.717) is 37.7 Å². The third-order valence-corrected chi connectivity index (χ3v) is 2.58. The van der Waals surface area contributed by atoms with Gasteiger partial charge < -0.3 is 15.2 Å². The van der Waals surface area contributed by atoms with Crippen LogP contribution in [0.3, 0.4) is 0 Å². The maximum absolute atomic E-state index is 8.83. The minimum Gasteiger partial charge on any atom is -0.397 e. The molecule has 2 N–H and O–H groups in total. The average Bonchev–Trinajstić information content (AvgIpc) is 2.34. The second-order valence-corrected chi connectivity index (χ2v) is 3.67. The Morgan fingerprint density at radius 3 is 2.65 bits per heavy atom. The van der Waals surface area contributed by atoms with Gasteiger partial charge in [0.05, 0.1) is 31.1 Å². The highest BCUT2D eigenvalue weighted by Gasteiger charge is 2.06. The molecular formula is C13H18N2O2. The summed E-state index contributed by atoms with van der Waals surface area (Å²) in [5.74, 6) is 0. The third-order valence-electron chi connectivity index (χ3n) is 2.58. The summed E-state index contributed by atoms with van der Waals surface area (Å²) in [6.45, 7) is 6.21. The summed E-state index contributed by atoms with van der Waals surface area (Å²) < 4.78 is 10.6. The highest BCUT2D eigenvalue weighted by molar-refractivity contribution is 5.61. The number of anilines is 1. The first kappa shape index (κ1) is 13.5. The molecule has 0 spiro atoms. The monoisotopic (exact) mass is 234 g/mol. The fourth-order valence-electron chi connectivity index (χ4n) is 1.47. The van der Waals surface area contributed by atoms with Gasteiger partial charge in [-0.1, -0.05) is 6.07 Å². The summed E-state index contributed by atoms with van der Waals surface area (Å²) >= 11 is 0. The normalized spacial score (nSPS) is 10.2. The van der Waals surface area contributed by atoms with Gasteiger partial charge >= 0.3 is 0 Å². The SMILES string of the molecule is CCOCCOCc1ccc(C#N)c(N)c1C. The van der Waals surface area contributed by atoms with Gasteiger partial charge in [-0.2, -0.15) is 5.26 Å². The van der Waals surface area contributed by atoms with Crippen LogP contribution in [0.4, 0.5) is 5.69 Å². The Labute approximate surface area is 102 Å². The zero-order valence-corrected chi connectivity index (χ0v) is 10.3. The molecule has 17 heavy (non-hydrogen) atoms. The molecule has 92 valence electrons.